The van der Waals surface area contributed by atoms with Gasteiger partial charge in [0, 0.05) is 32.6 Å². The van der Waals surface area contributed by atoms with Crippen molar-refractivity contribution in [3.8, 4) is 5.88 Å². The van der Waals surface area contributed by atoms with Crippen molar-refractivity contribution in [3.63, 3.8) is 0 Å². The summed E-state index contributed by atoms with van der Waals surface area (Å²) in [6.07, 6.45) is 2.27. The van der Waals surface area contributed by atoms with E-state index in [0.717, 1.165) is 0 Å². The van der Waals surface area contributed by atoms with Crippen molar-refractivity contribution in [3.05, 3.63) is 6.33 Å². The smallest absolute Gasteiger partial charge is 0.314 e. The van der Waals surface area contributed by atoms with Gasteiger partial charge in [0.2, 0.25) is 11.9 Å². The summed E-state index contributed by atoms with van der Waals surface area (Å²) in [4.78, 5) is 48.6. The maximum absolute atomic E-state index is 11.9. The van der Waals surface area contributed by atoms with Crippen LogP contribution in [0.15, 0.2) is 6.33 Å². The summed E-state index contributed by atoms with van der Waals surface area (Å²) in [7, 11) is 0. The molecule has 19 heteroatoms. The highest BCUT2D eigenvalue weighted by Crippen LogP contribution is 2.19. The van der Waals surface area contributed by atoms with E-state index in [0.29, 0.717) is 123 Å². The predicted molar refractivity (Wildman–Crippen MR) is 160 cm³/mol. The van der Waals surface area contributed by atoms with Gasteiger partial charge in [0.25, 0.3) is 5.88 Å². The predicted octanol–water partition coefficient (Wildman–Crippen LogP) is -1.50. The van der Waals surface area contributed by atoms with Crippen LogP contribution in [0.1, 0.15) is 12.8 Å². The van der Waals surface area contributed by atoms with Crippen LogP contribution in [0.3, 0.4) is 0 Å². The third-order valence-corrected chi connectivity index (χ3v) is 5.44. The monoisotopic (exact) mass is 645 g/mol. The third kappa shape index (κ3) is 19.5. The highest BCUT2D eigenvalue weighted by Gasteiger charge is 2.10. The number of hydrogen-bond donors (Lipinski definition) is 6. The first-order chi connectivity index (χ1) is 22.1. The largest absolute Gasteiger partial charge is 0.378 e. The number of aromatic nitrogens is 4. The Hall–Kier alpha value is -3.43. The normalized spacial score (nSPS) is 11.1. The highest BCUT2D eigenvalue weighted by atomic mass is 17.2. The molecule has 0 unspecified atom stereocenters. The maximum Gasteiger partial charge on any atom is 0.314 e. The lowest BCUT2D eigenvalue weighted by atomic mass is 10.3. The number of urea groups is 1. The quantitative estimate of drug-likeness (QED) is 0.0334. The Morgan fingerprint density at radius 2 is 1.27 bits per heavy atom. The lowest BCUT2D eigenvalue weighted by molar-refractivity contribution is -0.217. The summed E-state index contributed by atoms with van der Waals surface area (Å²) in [6.45, 7) is 6.76. The van der Waals surface area contributed by atoms with E-state index in [9.17, 15) is 9.59 Å². The van der Waals surface area contributed by atoms with Crippen molar-refractivity contribution in [1.29, 1.82) is 0 Å². The molecule has 0 radical (unpaired) electrons. The molecule has 256 valence electrons. The van der Waals surface area contributed by atoms with Crippen LogP contribution in [0.4, 0.5) is 10.7 Å². The minimum absolute atomic E-state index is 0.0256. The van der Waals surface area contributed by atoms with Crippen LogP contribution >= 0.6 is 0 Å². The fourth-order valence-electron chi connectivity index (χ4n) is 3.34. The topological polar surface area (TPSA) is 251 Å². The number of rotatable bonds is 29. The molecule has 2 rings (SSSR count). The second kappa shape index (κ2) is 25.9. The average molecular weight is 646 g/mol. The lowest BCUT2D eigenvalue weighted by Gasteiger charge is -2.09. The Kier molecular flexibility index (Phi) is 21.7. The van der Waals surface area contributed by atoms with Gasteiger partial charge in [-0.1, -0.05) is 0 Å². The molecule has 0 saturated carbocycles. The molecule has 45 heavy (non-hydrogen) atoms. The number of ether oxygens (including phenoxy) is 6. The van der Waals surface area contributed by atoms with Crippen LogP contribution in [0.5, 0.6) is 5.88 Å². The second-order valence-corrected chi connectivity index (χ2v) is 8.99. The number of aromatic amines is 1. The second-order valence-electron chi connectivity index (χ2n) is 8.99. The van der Waals surface area contributed by atoms with Crippen molar-refractivity contribution < 1.29 is 47.8 Å². The van der Waals surface area contributed by atoms with Crippen LogP contribution in [0.2, 0.25) is 0 Å². The molecule has 8 N–H and O–H groups in total. The average Bonchev–Trinajstić information content (AvgIpc) is 3.50. The Balaban J connectivity index is 1.26. The molecule has 2 aromatic rings. The van der Waals surface area contributed by atoms with Crippen LogP contribution in [-0.4, -0.2) is 144 Å². The number of nitrogens with one attached hydrogen (secondary N) is 4. The van der Waals surface area contributed by atoms with E-state index < -0.39 is 0 Å². The number of H-pyrrole nitrogens is 1. The Bertz CT molecular complexity index is 1050. The molecule has 0 saturated heterocycles. The van der Waals surface area contributed by atoms with Gasteiger partial charge in [-0.2, -0.15) is 14.9 Å². The molecule has 0 bridgehead atoms. The number of fused-ring (bicyclic) bond motifs is 1. The molecule has 2 heterocycles. The van der Waals surface area contributed by atoms with E-state index in [1.165, 1.54) is 6.33 Å². The molecular formula is C26H47N9O10. The van der Waals surface area contributed by atoms with Crippen LogP contribution in [0.25, 0.3) is 11.2 Å². The fraction of sp³-hybridized carbons (Fsp3) is 0.731. The van der Waals surface area contributed by atoms with Gasteiger partial charge in [-0.05, 0) is 6.42 Å². The zero-order valence-electron chi connectivity index (χ0n) is 25.6. The summed E-state index contributed by atoms with van der Waals surface area (Å²) >= 11 is 0. The summed E-state index contributed by atoms with van der Waals surface area (Å²) in [5.41, 5.74) is 11.8. The first kappa shape index (κ1) is 37.8. The van der Waals surface area contributed by atoms with E-state index in [-0.39, 0.29) is 37.0 Å². The zero-order chi connectivity index (χ0) is 32.2. The van der Waals surface area contributed by atoms with Gasteiger partial charge in [-0.15, -0.1) is 0 Å². The van der Waals surface area contributed by atoms with Crippen molar-refractivity contribution in [2.75, 3.05) is 118 Å². The van der Waals surface area contributed by atoms with Gasteiger partial charge < -0.3 is 65.7 Å². The van der Waals surface area contributed by atoms with Gasteiger partial charge in [-0.25, -0.2) is 9.78 Å². The number of carbonyl (C=O) groups excluding carboxylic acids is 2. The number of nitrogens with two attached hydrogens (primary N) is 2. The molecule has 0 fully saturated rings. The fourth-order valence-corrected chi connectivity index (χ4v) is 3.34. The van der Waals surface area contributed by atoms with Crippen LogP contribution < -0.4 is 32.3 Å². The van der Waals surface area contributed by atoms with E-state index in [4.69, 9.17) is 49.7 Å². The number of amides is 3. The van der Waals surface area contributed by atoms with Crippen molar-refractivity contribution >= 4 is 29.1 Å². The maximum atomic E-state index is 11.9. The van der Waals surface area contributed by atoms with Gasteiger partial charge in [0.15, 0.2) is 11.2 Å². The number of nitrogen functional groups attached to an aromatic ring is 1. The van der Waals surface area contributed by atoms with E-state index in [2.05, 4.69) is 35.9 Å². The molecule has 0 spiro atoms. The standard InChI is InChI=1S/C26H47N9O10/c27-3-7-38-10-13-41-15-12-40-9-6-31-26(37)30-4-1-2-21(36)29-5-8-39-11-14-42-16-17-43-18-19-44-45-24-22-23(33-20-32-22)34-25(28)35-24/h20H,1-19,27H2,(H,29,36)(H2,30,31,37)(H3,28,32,33,34,35). The minimum atomic E-state index is -0.309. The first-order valence-electron chi connectivity index (χ1n) is 14.8. The summed E-state index contributed by atoms with van der Waals surface area (Å²) in [5.74, 6) is 0.0595. The summed E-state index contributed by atoms with van der Waals surface area (Å²) < 4.78 is 32.1. The van der Waals surface area contributed by atoms with E-state index in [1.807, 2.05) is 0 Å². The van der Waals surface area contributed by atoms with Crippen molar-refractivity contribution in [2.24, 2.45) is 5.73 Å². The van der Waals surface area contributed by atoms with E-state index >= 15 is 0 Å². The zero-order valence-corrected chi connectivity index (χ0v) is 25.6. The Morgan fingerprint density at radius 3 is 1.91 bits per heavy atom. The molecule has 0 aromatic carbocycles. The van der Waals surface area contributed by atoms with Gasteiger partial charge >= 0.3 is 6.03 Å². The van der Waals surface area contributed by atoms with Crippen molar-refractivity contribution in [2.45, 2.75) is 12.8 Å². The van der Waals surface area contributed by atoms with Gasteiger partial charge in [0.05, 0.1) is 85.6 Å². The Morgan fingerprint density at radius 1 is 0.711 bits per heavy atom. The summed E-state index contributed by atoms with van der Waals surface area (Å²) in [6, 6.07) is -0.309. The molecule has 0 aliphatic carbocycles. The number of nitrogens with zero attached hydrogens (tertiary/aromatic N) is 3. The lowest BCUT2D eigenvalue weighted by Crippen LogP contribution is -2.38. The number of carbonyl (C=O) groups is 2. The van der Waals surface area contributed by atoms with Gasteiger partial charge in [0.1, 0.15) is 6.61 Å². The van der Waals surface area contributed by atoms with Crippen LogP contribution in [0, 0.1) is 0 Å². The number of imidazole rings is 1. The first-order valence-corrected chi connectivity index (χ1v) is 14.8. The number of anilines is 1. The molecule has 19 nitrogen and oxygen atoms in total. The van der Waals surface area contributed by atoms with Crippen molar-refractivity contribution in [1.82, 2.24) is 35.9 Å². The Labute approximate surface area is 261 Å². The van der Waals surface area contributed by atoms with Crippen LogP contribution in [-0.2, 0) is 38.1 Å². The summed E-state index contributed by atoms with van der Waals surface area (Å²) in [5, 5.41) is 8.16. The molecule has 0 atom stereocenters. The third-order valence-electron chi connectivity index (χ3n) is 5.44. The molecular weight excluding hydrogens is 598 g/mol. The molecule has 2 aromatic heterocycles. The van der Waals surface area contributed by atoms with E-state index in [1.54, 1.807) is 0 Å². The molecule has 0 aliphatic heterocycles. The minimum Gasteiger partial charge on any atom is -0.378 e. The SMILES string of the molecule is NCCOCCOCCOCCNC(=O)NCCCC(=O)NCCOCCOCCOCCOOc1nc(N)nc2nc[nH]c12. The molecule has 3 amide bonds. The number of hydrogen-bond acceptors (Lipinski definition) is 15. The molecule has 0 aliphatic rings. The highest BCUT2D eigenvalue weighted by molar-refractivity contribution is 5.77. The van der Waals surface area contributed by atoms with Gasteiger partial charge in [-0.3, -0.25) is 4.79 Å².